The predicted molar refractivity (Wildman–Crippen MR) is 130 cm³/mol. The Balaban J connectivity index is 1.66. The maximum Gasteiger partial charge on any atom is 0.343 e. The number of carbonyl (C=O) groups excluding carboxylic acids is 2. The van der Waals surface area contributed by atoms with E-state index in [1.165, 1.54) is 6.21 Å². The summed E-state index contributed by atoms with van der Waals surface area (Å²) in [5.41, 5.74) is 4.25. The van der Waals surface area contributed by atoms with Crippen molar-refractivity contribution in [1.82, 2.24) is 5.43 Å². The van der Waals surface area contributed by atoms with Crippen molar-refractivity contribution in [3.63, 3.8) is 0 Å². The van der Waals surface area contributed by atoms with E-state index < -0.39 is 18.0 Å². The van der Waals surface area contributed by atoms with Gasteiger partial charge in [0.15, 0.2) is 6.10 Å². The molecule has 1 amide bonds. The van der Waals surface area contributed by atoms with Crippen molar-refractivity contribution in [1.29, 1.82) is 0 Å². The van der Waals surface area contributed by atoms with Crippen LogP contribution in [0.15, 0.2) is 80.8 Å². The summed E-state index contributed by atoms with van der Waals surface area (Å²) in [6.07, 6.45) is 0.657. The van der Waals surface area contributed by atoms with E-state index in [2.05, 4.69) is 42.4 Å². The van der Waals surface area contributed by atoms with Crippen LogP contribution in [0.4, 0.5) is 0 Å². The van der Waals surface area contributed by atoms with Gasteiger partial charge in [-0.25, -0.2) is 10.2 Å². The largest absolute Gasteiger partial charge is 0.481 e. The fraction of sp³-hybridized carbons (Fsp3) is 0.125. The van der Waals surface area contributed by atoms with Crippen molar-refractivity contribution in [2.45, 2.75) is 20.0 Å². The number of hydrazone groups is 1. The molecule has 0 aromatic heterocycles. The minimum atomic E-state index is -0.755. The number of esters is 1. The predicted octanol–water partition coefficient (Wildman–Crippen LogP) is 5.66. The summed E-state index contributed by atoms with van der Waals surface area (Å²) in [5.74, 6) is -0.00548. The molecule has 0 saturated carbocycles. The first-order valence-corrected chi connectivity index (χ1v) is 11.2. The van der Waals surface area contributed by atoms with Crippen LogP contribution in [-0.4, -0.2) is 24.2 Å². The summed E-state index contributed by atoms with van der Waals surface area (Å²) < 4.78 is 12.9. The van der Waals surface area contributed by atoms with Gasteiger partial charge in [0.2, 0.25) is 0 Å². The van der Waals surface area contributed by atoms with Gasteiger partial charge in [0.25, 0.3) is 5.91 Å². The topological polar surface area (TPSA) is 77.0 Å². The molecule has 3 aromatic rings. The number of hydrogen-bond acceptors (Lipinski definition) is 5. The lowest BCUT2D eigenvalue weighted by atomic mass is 10.1. The lowest BCUT2D eigenvalue weighted by molar-refractivity contribution is -0.127. The second-order valence-electron chi connectivity index (χ2n) is 6.83. The number of hydrogen-bond donors (Lipinski definition) is 1. The molecule has 0 aliphatic heterocycles. The van der Waals surface area contributed by atoms with Gasteiger partial charge in [-0.05, 0) is 67.9 Å². The van der Waals surface area contributed by atoms with Crippen molar-refractivity contribution in [3.8, 4) is 11.5 Å². The highest BCUT2D eigenvalue weighted by atomic mass is 79.9. The maximum atomic E-state index is 12.6. The summed E-state index contributed by atoms with van der Waals surface area (Å²) in [6, 6.07) is 19.5. The number of benzene rings is 3. The number of aryl methyl sites for hydroxylation is 1. The fourth-order valence-corrected chi connectivity index (χ4v) is 3.34. The molecule has 0 unspecified atom stereocenters. The van der Waals surface area contributed by atoms with E-state index in [4.69, 9.17) is 9.47 Å². The molecule has 0 heterocycles. The molecule has 1 N–H and O–H groups in total. The summed E-state index contributed by atoms with van der Waals surface area (Å²) in [6.45, 7) is 3.47. The van der Waals surface area contributed by atoms with Crippen molar-refractivity contribution in [2.24, 2.45) is 5.10 Å². The third-order valence-corrected chi connectivity index (χ3v) is 5.44. The van der Waals surface area contributed by atoms with Crippen LogP contribution in [0.25, 0.3) is 0 Å². The van der Waals surface area contributed by atoms with Gasteiger partial charge in [-0.1, -0.05) is 50.1 Å². The highest BCUT2D eigenvalue weighted by Gasteiger charge is 2.15. The van der Waals surface area contributed by atoms with Crippen molar-refractivity contribution < 1.29 is 19.1 Å². The molecule has 1 atom stereocenters. The third-order valence-electron chi connectivity index (χ3n) is 4.41. The van der Waals surface area contributed by atoms with E-state index in [0.29, 0.717) is 22.6 Å². The summed E-state index contributed by atoms with van der Waals surface area (Å²) in [4.78, 5) is 24.9. The smallest absolute Gasteiger partial charge is 0.343 e. The van der Waals surface area contributed by atoms with E-state index in [1.54, 1.807) is 49.4 Å². The molecule has 0 aliphatic rings. The van der Waals surface area contributed by atoms with Gasteiger partial charge >= 0.3 is 5.97 Å². The van der Waals surface area contributed by atoms with Crippen LogP contribution >= 0.6 is 31.9 Å². The van der Waals surface area contributed by atoms with Crippen LogP contribution in [-0.2, 0) is 4.79 Å². The Morgan fingerprint density at radius 1 is 1.00 bits per heavy atom. The molecular weight excluding hydrogens is 540 g/mol. The minimum absolute atomic E-state index is 0.318. The normalized spacial score (nSPS) is 11.8. The van der Waals surface area contributed by atoms with Gasteiger partial charge in [0, 0.05) is 14.5 Å². The molecule has 0 fully saturated rings. The van der Waals surface area contributed by atoms with Crippen molar-refractivity contribution >= 4 is 50.0 Å². The zero-order valence-electron chi connectivity index (χ0n) is 17.3. The molecule has 32 heavy (non-hydrogen) atoms. The average Bonchev–Trinajstić information content (AvgIpc) is 2.77. The number of ether oxygens (including phenoxy) is 2. The number of nitrogens with one attached hydrogen (secondary N) is 1. The van der Waals surface area contributed by atoms with E-state index in [-0.39, 0.29) is 0 Å². The molecule has 6 nitrogen and oxygen atoms in total. The molecule has 0 radical (unpaired) electrons. The van der Waals surface area contributed by atoms with Crippen LogP contribution < -0.4 is 14.9 Å². The molecule has 3 aromatic carbocycles. The number of carbonyl (C=O) groups is 2. The molecule has 0 aliphatic carbocycles. The maximum absolute atomic E-state index is 12.6. The van der Waals surface area contributed by atoms with Gasteiger partial charge in [-0.2, -0.15) is 5.10 Å². The van der Waals surface area contributed by atoms with Gasteiger partial charge in [0.1, 0.15) is 11.5 Å². The monoisotopic (exact) mass is 558 g/mol. The second kappa shape index (κ2) is 11.1. The molecule has 3 rings (SSSR count). The third kappa shape index (κ3) is 6.51. The Morgan fingerprint density at radius 2 is 1.69 bits per heavy atom. The van der Waals surface area contributed by atoms with Crippen molar-refractivity contribution in [3.05, 3.63) is 92.4 Å². The SMILES string of the molecule is Cc1ccccc1C(=O)Oc1ccc(Br)cc1/C=N\NC(=O)[C@@H](C)Oc1ccc(Br)cc1. The van der Waals surface area contributed by atoms with Crippen molar-refractivity contribution in [2.75, 3.05) is 0 Å². The zero-order valence-corrected chi connectivity index (χ0v) is 20.5. The summed E-state index contributed by atoms with van der Waals surface area (Å²) in [7, 11) is 0. The lowest BCUT2D eigenvalue weighted by Crippen LogP contribution is -2.33. The van der Waals surface area contributed by atoms with Crippen LogP contribution in [0, 0.1) is 6.92 Å². The van der Waals surface area contributed by atoms with E-state index in [1.807, 2.05) is 31.2 Å². The Bertz CT molecular complexity index is 1150. The first-order valence-electron chi connectivity index (χ1n) is 9.66. The molecule has 0 bridgehead atoms. The van der Waals surface area contributed by atoms with E-state index in [9.17, 15) is 9.59 Å². The Hall–Kier alpha value is -2.97. The average molecular weight is 560 g/mol. The summed E-state index contributed by atoms with van der Waals surface area (Å²) >= 11 is 6.74. The second-order valence-corrected chi connectivity index (χ2v) is 8.67. The molecule has 0 spiro atoms. The van der Waals surface area contributed by atoms with Gasteiger partial charge in [0.05, 0.1) is 11.8 Å². The van der Waals surface area contributed by atoms with Crippen LogP contribution in [0.3, 0.4) is 0 Å². The van der Waals surface area contributed by atoms with Gasteiger partial charge in [-0.3, -0.25) is 4.79 Å². The Labute approximate surface area is 202 Å². The van der Waals surface area contributed by atoms with Crippen LogP contribution in [0.1, 0.15) is 28.4 Å². The fourth-order valence-electron chi connectivity index (χ4n) is 2.70. The number of halogens is 2. The minimum Gasteiger partial charge on any atom is -0.481 e. The standard InChI is InChI=1S/C24H20Br2N2O4/c1-15-5-3-4-6-21(15)24(30)32-22-12-9-19(26)13-17(22)14-27-28-23(29)16(2)31-20-10-7-18(25)8-11-20/h3-14,16H,1-2H3,(H,28,29)/b27-14-/t16-/m1/s1. The van der Waals surface area contributed by atoms with Crippen LogP contribution in [0.5, 0.6) is 11.5 Å². The number of rotatable bonds is 7. The lowest BCUT2D eigenvalue weighted by Gasteiger charge is -2.13. The highest BCUT2D eigenvalue weighted by Crippen LogP contribution is 2.23. The first kappa shape index (κ1) is 23.7. The molecule has 164 valence electrons. The zero-order chi connectivity index (χ0) is 23.1. The van der Waals surface area contributed by atoms with Gasteiger partial charge in [-0.15, -0.1) is 0 Å². The Kier molecular flexibility index (Phi) is 8.19. The highest BCUT2D eigenvalue weighted by molar-refractivity contribution is 9.10. The molecule has 0 saturated heterocycles. The Morgan fingerprint density at radius 3 is 2.41 bits per heavy atom. The van der Waals surface area contributed by atoms with Gasteiger partial charge < -0.3 is 9.47 Å². The molecule has 8 heteroatoms. The first-order chi connectivity index (χ1) is 15.3. The molecular formula is C24H20Br2N2O4. The van der Waals surface area contributed by atoms with E-state index in [0.717, 1.165) is 14.5 Å². The van der Waals surface area contributed by atoms with E-state index >= 15 is 0 Å². The quantitative estimate of drug-likeness (QED) is 0.175. The van der Waals surface area contributed by atoms with Crippen LogP contribution in [0.2, 0.25) is 0 Å². The number of amides is 1. The summed E-state index contributed by atoms with van der Waals surface area (Å²) in [5, 5.41) is 3.99. The number of nitrogens with zero attached hydrogens (tertiary/aromatic N) is 1.